The monoisotopic (exact) mass is 284 g/mol. The van der Waals surface area contributed by atoms with Crippen LogP contribution in [-0.4, -0.2) is 16.1 Å². The molecule has 2 N–H and O–H groups in total. The molecule has 0 aliphatic carbocycles. The Kier molecular flexibility index (Phi) is 5.26. The summed E-state index contributed by atoms with van der Waals surface area (Å²) in [5.41, 5.74) is 2.25. The molecule has 0 unspecified atom stereocenters. The van der Waals surface area contributed by atoms with E-state index in [-0.39, 0.29) is 5.91 Å². The lowest BCUT2D eigenvalue weighted by Gasteiger charge is -2.07. The van der Waals surface area contributed by atoms with Crippen molar-refractivity contribution in [3.8, 4) is 0 Å². The Bertz CT molecular complexity index is 578. The van der Waals surface area contributed by atoms with Crippen LogP contribution >= 0.6 is 0 Å². The molecule has 21 heavy (non-hydrogen) atoms. The number of benzene rings is 1. The van der Waals surface area contributed by atoms with Crippen LogP contribution in [0.4, 0.5) is 17.3 Å². The summed E-state index contributed by atoms with van der Waals surface area (Å²) in [5.74, 6) is 1.08. The van der Waals surface area contributed by atoms with Crippen LogP contribution in [0.3, 0.4) is 0 Å². The Labute approximate surface area is 124 Å². The molecular weight excluding hydrogens is 264 g/mol. The molecule has 2 rings (SSSR count). The lowest BCUT2D eigenvalue weighted by molar-refractivity contribution is -0.116. The van der Waals surface area contributed by atoms with E-state index in [2.05, 4.69) is 39.9 Å². The van der Waals surface area contributed by atoms with Crippen molar-refractivity contribution in [1.82, 2.24) is 10.2 Å². The van der Waals surface area contributed by atoms with E-state index < -0.39 is 0 Å². The van der Waals surface area contributed by atoms with Crippen LogP contribution < -0.4 is 10.6 Å². The maximum absolute atomic E-state index is 11.5. The number of carbonyl (C=O) groups is 1. The maximum atomic E-state index is 11.5. The minimum Gasteiger partial charge on any atom is -0.339 e. The van der Waals surface area contributed by atoms with Crippen LogP contribution in [-0.2, 0) is 11.2 Å². The third kappa shape index (κ3) is 4.56. The molecular formula is C16H20N4O. The van der Waals surface area contributed by atoms with E-state index >= 15 is 0 Å². The first-order valence-corrected chi connectivity index (χ1v) is 7.20. The van der Waals surface area contributed by atoms with Gasteiger partial charge in [-0.25, -0.2) is 0 Å². The highest BCUT2D eigenvalue weighted by atomic mass is 16.1. The quantitative estimate of drug-likeness (QED) is 0.851. The van der Waals surface area contributed by atoms with Crippen molar-refractivity contribution in [2.24, 2.45) is 0 Å². The van der Waals surface area contributed by atoms with Gasteiger partial charge in [-0.2, -0.15) is 0 Å². The fourth-order valence-corrected chi connectivity index (χ4v) is 1.87. The topological polar surface area (TPSA) is 66.9 Å². The second-order valence-electron chi connectivity index (χ2n) is 4.78. The number of anilines is 3. The van der Waals surface area contributed by atoms with Gasteiger partial charge in [0.25, 0.3) is 0 Å². The van der Waals surface area contributed by atoms with Crippen molar-refractivity contribution in [2.75, 3.05) is 10.6 Å². The molecule has 0 spiro atoms. The number of amides is 1. The lowest BCUT2D eigenvalue weighted by atomic mass is 10.1. The predicted molar refractivity (Wildman–Crippen MR) is 84.7 cm³/mol. The molecule has 1 aromatic carbocycles. The number of hydrogen-bond acceptors (Lipinski definition) is 4. The SMILES string of the molecule is CCCC(=O)Nc1ccc(Nc2ccc(CC)cc2)nn1. The van der Waals surface area contributed by atoms with Gasteiger partial charge in [0.1, 0.15) is 0 Å². The van der Waals surface area contributed by atoms with Crippen LogP contribution in [0.25, 0.3) is 0 Å². The summed E-state index contributed by atoms with van der Waals surface area (Å²) in [7, 11) is 0. The molecule has 0 aliphatic rings. The van der Waals surface area contributed by atoms with E-state index in [4.69, 9.17) is 0 Å². The van der Waals surface area contributed by atoms with Gasteiger partial charge in [0, 0.05) is 12.1 Å². The largest absolute Gasteiger partial charge is 0.339 e. The lowest BCUT2D eigenvalue weighted by Crippen LogP contribution is -2.12. The molecule has 2 aromatic rings. The van der Waals surface area contributed by atoms with Gasteiger partial charge in [-0.05, 0) is 42.7 Å². The highest BCUT2D eigenvalue weighted by Gasteiger charge is 2.03. The van der Waals surface area contributed by atoms with Crippen LogP contribution in [0.1, 0.15) is 32.3 Å². The minimum atomic E-state index is -0.0392. The number of aryl methyl sites for hydroxylation is 1. The van der Waals surface area contributed by atoms with Gasteiger partial charge in [0.2, 0.25) is 5.91 Å². The second-order valence-corrected chi connectivity index (χ2v) is 4.78. The molecule has 0 radical (unpaired) electrons. The highest BCUT2D eigenvalue weighted by Crippen LogP contribution is 2.16. The summed E-state index contributed by atoms with van der Waals surface area (Å²) in [4.78, 5) is 11.5. The third-order valence-corrected chi connectivity index (χ3v) is 3.04. The Hall–Kier alpha value is -2.43. The average Bonchev–Trinajstić information content (AvgIpc) is 2.50. The number of carbonyl (C=O) groups excluding carboxylic acids is 1. The van der Waals surface area contributed by atoms with E-state index in [1.807, 2.05) is 19.1 Å². The Morgan fingerprint density at radius 1 is 1.00 bits per heavy atom. The molecule has 1 aromatic heterocycles. The normalized spacial score (nSPS) is 10.2. The molecule has 5 nitrogen and oxygen atoms in total. The molecule has 110 valence electrons. The molecule has 0 bridgehead atoms. The molecule has 0 saturated carbocycles. The summed E-state index contributed by atoms with van der Waals surface area (Å²) in [6.07, 6.45) is 2.32. The van der Waals surface area contributed by atoms with Crippen molar-refractivity contribution in [3.05, 3.63) is 42.0 Å². The van der Waals surface area contributed by atoms with E-state index in [0.717, 1.165) is 18.5 Å². The fraction of sp³-hybridized carbons (Fsp3) is 0.312. The number of aromatic nitrogens is 2. The molecule has 0 aliphatic heterocycles. The average molecular weight is 284 g/mol. The second kappa shape index (κ2) is 7.38. The first-order valence-electron chi connectivity index (χ1n) is 7.20. The number of nitrogens with one attached hydrogen (secondary N) is 2. The van der Waals surface area contributed by atoms with Gasteiger partial charge in [-0.3, -0.25) is 4.79 Å². The van der Waals surface area contributed by atoms with E-state index in [9.17, 15) is 4.79 Å². The zero-order chi connectivity index (χ0) is 15.1. The molecule has 5 heteroatoms. The summed E-state index contributed by atoms with van der Waals surface area (Å²) in [6, 6.07) is 11.7. The zero-order valence-electron chi connectivity index (χ0n) is 12.4. The smallest absolute Gasteiger partial charge is 0.225 e. The molecule has 0 atom stereocenters. The molecule has 0 saturated heterocycles. The van der Waals surface area contributed by atoms with Crippen molar-refractivity contribution < 1.29 is 4.79 Å². The summed E-state index contributed by atoms with van der Waals surface area (Å²) < 4.78 is 0. The Balaban J connectivity index is 1.96. The Morgan fingerprint density at radius 2 is 1.67 bits per heavy atom. The number of nitrogens with zero attached hydrogens (tertiary/aromatic N) is 2. The van der Waals surface area contributed by atoms with Crippen molar-refractivity contribution in [3.63, 3.8) is 0 Å². The van der Waals surface area contributed by atoms with E-state index in [1.54, 1.807) is 12.1 Å². The van der Waals surface area contributed by atoms with Crippen LogP contribution in [0.15, 0.2) is 36.4 Å². The molecule has 0 fully saturated rings. The minimum absolute atomic E-state index is 0.0392. The van der Waals surface area contributed by atoms with Crippen LogP contribution in [0.5, 0.6) is 0 Å². The van der Waals surface area contributed by atoms with Crippen molar-refractivity contribution in [1.29, 1.82) is 0 Å². The first-order chi connectivity index (χ1) is 10.2. The van der Waals surface area contributed by atoms with Gasteiger partial charge in [-0.1, -0.05) is 26.0 Å². The summed E-state index contributed by atoms with van der Waals surface area (Å²) in [5, 5.41) is 13.9. The maximum Gasteiger partial charge on any atom is 0.225 e. The van der Waals surface area contributed by atoms with E-state index in [0.29, 0.717) is 18.1 Å². The van der Waals surface area contributed by atoms with Gasteiger partial charge in [-0.15, -0.1) is 10.2 Å². The van der Waals surface area contributed by atoms with Crippen LogP contribution in [0, 0.1) is 0 Å². The molecule has 1 amide bonds. The number of hydrogen-bond donors (Lipinski definition) is 2. The predicted octanol–water partition coefficient (Wildman–Crippen LogP) is 3.52. The van der Waals surface area contributed by atoms with Gasteiger partial charge < -0.3 is 10.6 Å². The van der Waals surface area contributed by atoms with E-state index in [1.165, 1.54) is 5.56 Å². The highest BCUT2D eigenvalue weighted by molar-refractivity contribution is 5.89. The van der Waals surface area contributed by atoms with Crippen molar-refractivity contribution >= 4 is 23.2 Å². The molecule has 1 heterocycles. The Morgan fingerprint density at radius 3 is 2.24 bits per heavy atom. The van der Waals surface area contributed by atoms with Gasteiger partial charge in [0.15, 0.2) is 11.6 Å². The fourth-order valence-electron chi connectivity index (χ4n) is 1.87. The summed E-state index contributed by atoms with van der Waals surface area (Å²) >= 11 is 0. The van der Waals surface area contributed by atoms with Gasteiger partial charge >= 0.3 is 0 Å². The van der Waals surface area contributed by atoms with Crippen molar-refractivity contribution in [2.45, 2.75) is 33.1 Å². The number of rotatable bonds is 6. The van der Waals surface area contributed by atoms with Crippen LogP contribution in [0.2, 0.25) is 0 Å². The standard InChI is InChI=1S/C16H20N4O/c1-3-5-16(21)18-15-11-10-14(19-20-15)17-13-8-6-12(4-2)7-9-13/h6-11H,3-5H2,1-2H3,(H,17,19)(H,18,20,21). The zero-order valence-corrected chi connectivity index (χ0v) is 12.4. The van der Waals surface area contributed by atoms with Gasteiger partial charge in [0.05, 0.1) is 0 Å². The first kappa shape index (κ1) is 15.0. The third-order valence-electron chi connectivity index (χ3n) is 3.04. The summed E-state index contributed by atoms with van der Waals surface area (Å²) in [6.45, 7) is 4.08.